The van der Waals surface area contributed by atoms with Gasteiger partial charge in [-0.15, -0.1) is 0 Å². The molecule has 2 heterocycles. The zero-order valence-corrected chi connectivity index (χ0v) is 16.7. The Morgan fingerprint density at radius 1 is 1.00 bits per heavy atom. The minimum absolute atomic E-state index is 0.310. The lowest BCUT2D eigenvalue weighted by Crippen LogP contribution is -2.29. The van der Waals surface area contributed by atoms with Crippen LogP contribution in [0.1, 0.15) is 24.8 Å². The molecule has 2 amide bonds. The van der Waals surface area contributed by atoms with Crippen LogP contribution >= 0.6 is 0 Å². The zero-order valence-electron chi connectivity index (χ0n) is 16.7. The number of hydrogen-bond acceptors (Lipinski definition) is 4. The summed E-state index contributed by atoms with van der Waals surface area (Å²) in [4.78, 5) is 26.5. The molecule has 0 saturated carbocycles. The molecule has 1 fully saturated rings. The number of aromatic amines is 1. The molecule has 30 heavy (non-hydrogen) atoms. The molecule has 0 atom stereocenters. The molecule has 7 heteroatoms. The molecular formula is C23H25N5O2. The van der Waals surface area contributed by atoms with Crippen LogP contribution in [0.3, 0.4) is 0 Å². The molecule has 0 unspecified atom stereocenters. The summed E-state index contributed by atoms with van der Waals surface area (Å²) in [6.45, 7) is 2.64. The molecule has 7 nitrogen and oxygen atoms in total. The number of nitrogens with one attached hydrogen (secondary N) is 3. The van der Waals surface area contributed by atoms with Gasteiger partial charge in [0.2, 0.25) is 11.8 Å². The van der Waals surface area contributed by atoms with Gasteiger partial charge in [0.1, 0.15) is 0 Å². The van der Waals surface area contributed by atoms with Gasteiger partial charge in [-0.05, 0) is 55.2 Å². The Morgan fingerprint density at radius 2 is 1.77 bits per heavy atom. The molecule has 1 aliphatic rings. The van der Waals surface area contributed by atoms with E-state index in [0.29, 0.717) is 12.2 Å². The highest BCUT2D eigenvalue weighted by Crippen LogP contribution is 2.20. The average Bonchev–Trinajstić information content (AvgIpc) is 3.25. The molecule has 0 bridgehead atoms. The van der Waals surface area contributed by atoms with Gasteiger partial charge < -0.3 is 15.5 Å². The fourth-order valence-electron chi connectivity index (χ4n) is 3.58. The second kappa shape index (κ2) is 9.26. The van der Waals surface area contributed by atoms with Crippen molar-refractivity contribution in [1.82, 2.24) is 15.5 Å². The van der Waals surface area contributed by atoms with Crippen LogP contribution in [0.5, 0.6) is 0 Å². The fourth-order valence-corrected chi connectivity index (χ4v) is 3.58. The Bertz CT molecular complexity index is 1050. The molecule has 4 rings (SSSR count). The molecule has 3 aromatic rings. The number of anilines is 2. The highest BCUT2D eigenvalue weighted by Gasteiger charge is 2.10. The average molecular weight is 403 g/mol. The van der Waals surface area contributed by atoms with Crippen molar-refractivity contribution in [2.75, 3.05) is 23.3 Å². The normalized spacial score (nSPS) is 14.2. The Kier molecular flexibility index (Phi) is 6.08. The fraction of sp³-hybridized carbons (Fsp3) is 0.261. The first-order chi connectivity index (χ1) is 14.7. The van der Waals surface area contributed by atoms with Gasteiger partial charge in [0, 0.05) is 48.5 Å². The molecule has 0 radical (unpaired) electrons. The van der Waals surface area contributed by atoms with E-state index in [0.717, 1.165) is 29.6 Å². The van der Waals surface area contributed by atoms with Crippen molar-refractivity contribution in [3.8, 4) is 0 Å². The maximum atomic E-state index is 12.0. The van der Waals surface area contributed by atoms with E-state index in [1.807, 2.05) is 24.3 Å². The number of carbonyl (C=O) groups is 2. The Hall–Kier alpha value is -3.61. The van der Waals surface area contributed by atoms with Crippen molar-refractivity contribution in [3.63, 3.8) is 0 Å². The summed E-state index contributed by atoms with van der Waals surface area (Å²) in [7, 11) is 0. The summed E-state index contributed by atoms with van der Waals surface area (Å²) in [5.41, 5.74) is 3.80. The monoisotopic (exact) mass is 403 g/mol. The van der Waals surface area contributed by atoms with Crippen LogP contribution in [0.2, 0.25) is 0 Å². The number of rotatable bonds is 6. The molecule has 3 N–H and O–H groups in total. The predicted octanol–water partition coefficient (Wildman–Crippen LogP) is 3.36. The van der Waals surface area contributed by atoms with Crippen LogP contribution in [0, 0.1) is 0 Å². The number of piperidine rings is 1. The van der Waals surface area contributed by atoms with Crippen molar-refractivity contribution >= 4 is 34.1 Å². The van der Waals surface area contributed by atoms with E-state index in [1.54, 1.807) is 12.3 Å². The maximum Gasteiger partial charge on any atom is 0.248 e. The standard InChI is InChI=1S/C23H25N5O2/c29-22(10-11-23(30)26-19-6-9-21-18(14-19)16-25-27-21)24-15-17-4-7-20(8-5-17)28-12-2-1-3-13-28/h4-11,14,16H,1-3,12-13,15H2,(H,24,29)(H,25,27)(H,26,30)/b11-10+. The van der Waals surface area contributed by atoms with Crippen LogP contribution in [0.25, 0.3) is 10.9 Å². The first-order valence-electron chi connectivity index (χ1n) is 10.2. The van der Waals surface area contributed by atoms with Crippen molar-refractivity contribution in [2.45, 2.75) is 25.8 Å². The van der Waals surface area contributed by atoms with Crippen LogP contribution in [0.15, 0.2) is 60.8 Å². The summed E-state index contributed by atoms with van der Waals surface area (Å²) >= 11 is 0. The van der Waals surface area contributed by atoms with E-state index < -0.39 is 0 Å². The van der Waals surface area contributed by atoms with Gasteiger partial charge in [0.05, 0.1) is 11.7 Å². The number of aromatic nitrogens is 2. The Balaban J connectivity index is 1.24. The van der Waals surface area contributed by atoms with E-state index in [-0.39, 0.29) is 11.8 Å². The minimum atomic E-state index is -0.362. The van der Waals surface area contributed by atoms with Crippen molar-refractivity contribution in [1.29, 1.82) is 0 Å². The quantitative estimate of drug-likeness (QED) is 0.551. The van der Waals surface area contributed by atoms with E-state index in [2.05, 4.69) is 37.9 Å². The van der Waals surface area contributed by atoms with E-state index >= 15 is 0 Å². The third kappa shape index (κ3) is 5.05. The van der Waals surface area contributed by atoms with E-state index in [9.17, 15) is 9.59 Å². The summed E-state index contributed by atoms with van der Waals surface area (Å²) in [6, 6.07) is 13.7. The Labute approximate surface area is 175 Å². The molecule has 1 aromatic heterocycles. The van der Waals surface area contributed by atoms with Gasteiger partial charge in [-0.25, -0.2) is 0 Å². The number of hydrogen-bond donors (Lipinski definition) is 3. The van der Waals surface area contributed by atoms with Crippen LogP contribution in [-0.2, 0) is 16.1 Å². The third-order valence-corrected chi connectivity index (χ3v) is 5.22. The second-order valence-corrected chi connectivity index (χ2v) is 7.43. The number of amides is 2. The molecule has 1 saturated heterocycles. The Morgan fingerprint density at radius 3 is 2.57 bits per heavy atom. The van der Waals surface area contributed by atoms with E-state index in [4.69, 9.17) is 0 Å². The number of benzene rings is 2. The summed E-state index contributed by atoms with van der Waals surface area (Å²) in [5.74, 6) is -0.672. The van der Waals surface area contributed by atoms with Crippen LogP contribution in [-0.4, -0.2) is 35.1 Å². The summed E-state index contributed by atoms with van der Waals surface area (Å²) in [6.07, 6.45) is 7.96. The molecule has 2 aromatic carbocycles. The van der Waals surface area contributed by atoms with Gasteiger partial charge in [-0.3, -0.25) is 14.7 Å². The van der Waals surface area contributed by atoms with Crippen molar-refractivity contribution in [2.24, 2.45) is 0 Å². The SMILES string of the molecule is O=C(/C=C/C(=O)Nc1ccc2[nH]ncc2c1)NCc1ccc(N2CCCCC2)cc1. The highest BCUT2D eigenvalue weighted by atomic mass is 16.2. The minimum Gasteiger partial charge on any atom is -0.372 e. The lowest BCUT2D eigenvalue weighted by molar-refractivity contribution is -0.117. The lowest BCUT2D eigenvalue weighted by atomic mass is 10.1. The molecule has 154 valence electrons. The number of carbonyl (C=O) groups excluding carboxylic acids is 2. The number of H-pyrrole nitrogens is 1. The lowest BCUT2D eigenvalue weighted by Gasteiger charge is -2.28. The molecular weight excluding hydrogens is 378 g/mol. The van der Waals surface area contributed by atoms with Gasteiger partial charge in [0.15, 0.2) is 0 Å². The first kappa shape index (κ1) is 19.7. The summed E-state index contributed by atoms with van der Waals surface area (Å²) in [5, 5.41) is 13.3. The van der Waals surface area contributed by atoms with Crippen molar-refractivity contribution < 1.29 is 9.59 Å². The zero-order chi connectivity index (χ0) is 20.8. The van der Waals surface area contributed by atoms with Crippen LogP contribution in [0.4, 0.5) is 11.4 Å². The topological polar surface area (TPSA) is 90.1 Å². The number of nitrogens with zero attached hydrogens (tertiary/aromatic N) is 2. The maximum absolute atomic E-state index is 12.0. The van der Waals surface area contributed by atoms with Crippen molar-refractivity contribution in [3.05, 3.63) is 66.4 Å². The predicted molar refractivity (Wildman–Crippen MR) is 118 cm³/mol. The molecule has 0 aliphatic carbocycles. The third-order valence-electron chi connectivity index (χ3n) is 5.22. The van der Waals surface area contributed by atoms with E-state index in [1.165, 1.54) is 37.1 Å². The largest absolute Gasteiger partial charge is 0.372 e. The number of fused-ring (bicyclic) bond motifs is 1. The molecule has 0 spiro atoms. The second-order valence-electron chi connectivity index (χ2n) is 7.43. The van der Waals surface area contributed by atoms with Gasteiger partial charge >= 0.3 is 0 Å². The smallest absolute Gasteiger partial charge is 0.248 e. The van der Waals surface area contributed by atoms with Gasteiger partial charge in [-0.1, -0.05) is 12.1 Å². The van der Waals surface area contributed by atoms with Crippen LogP contribution < -0.4 is 15.5 Å². The van der Waals surface area contributed by atoms with Gasteiger partial charge in [-0.2, -0.15) is 5.10 Å². The first-order valence-corrected chi connectivity index (χ1v) is 10.2. The highest BCUT2D eigenvalue weighted by molar-refractivity contribution is 6.04. The van der Waals surface area contributed by atoms with Gasteiger partial charge in [0.25, 0.3) is 0 Å². The summed E-state index contributed by atoms with van der Waals surface area (Å²) < 4.78 is 0. The molecule has 1 aliphatic heterocycles.